The van der Waals surface area contributed by atoms with Gasteiger partial charge in [-0.1, -0.05) is 4.32 Å². The van der Waals surface area contributed by atoms with Gasteiger partial charge in [0.15, 0.2) is 0 Å². The first-order valence-electron chi connectivity index (χ1n) is 1.53. The molecule has 0 aromatic carbocycles. The molecule has 0 saturated heterocycles. The van der Waals surface area contributed by atoms with Gasteiger partial charge in [-0.25, -0.2) is 0 Å². The molecule has 0 atom stereocenters. The fourth-order valence-electron chi connectivity index (χ4n) is 0. The first kappa shape index (κ1) is 16.4. The summed E-state index contributed by atoms with van der Waals surface area (Å²) < 4.78 is 0.509. The predicted molar refractivity (Wildman–Crippen MR) is 37.3 cm³/mol. The van der Waals surface area contributed by atoms with Crippen LogP contribution in [0.15, 0.2) is 0 Å². The molecule has 0 unspecified atom stereocenters. The van der Waals surface area contributed by atoms with Crippen LogP contribution in [-0.2, 0) is 12.6 Å². The summed E-state index contributed by atoms with van der Waals surface area (Å²) in [7, 11) is 3.66. The number of hydrogen-bond acceptors (Lipinski definition) is 2. The van der Waals surface area contributed by atoms with Gasteiger partial charge >= 0.3 is 51.4 Å². The summed E-state index contributed by atoms with van der Waals surface area (Å²) in [6.45, 7) is 0. The average molecular weight is 177 g/mol. The molecule has 0 heterocycles. The van der Waals surface area contributed by atoms with Crippen LogP contribution in [0.1, 0.15) is 0 Å². The van der Waals surface area contributed by atoms with Crippen molar-refractivity contribution in [3.05, 3.63) is 0 Å². The van der Waals surface area contributed by atoms with Crippen molar-refractivity contribution in [2.75, 3.05) is 14.1 Å². The Labute approximate surface area is 103 Å². The topological polar surface area (TPSA) is 34.7 Å². The van der Waals surface area contributed by atoms with Crippen molar-refractivity contribution in [2.24, 2.45) is 0 Å². The molecule has 0 saturated carbocycles. The van der Waals surface area contributed by atoms with Gasteiger partial charge in [0.25, 0.3) is 0 Å². The summed E-state index contributed by atoms with van der Waals surface area (Å²) in [6.07, 6.45) is 0. The Bertz CT molecular complexity index is 68.3. The molecule has 0 aliphatic carbocycles. The minimum absolute atomic E-state index is 0. The van der Waals surface area contributed by atoms with Crippen LogP contribution in [0.25, 0.3) is 0 Å². The zero-order valence-electron chi connectivity index (χ0n) is 5.26. The Morgan fingerprint density at radius 3 is 1.62 bits per heavy atom. The van der Waals surface area contributed by atoms with Gasteiger partial charge in [0.2, 0.25) is 0 Å². The van der Waals surface area contributed by atoms with Crippen LogP contribution in [0.2, 0.25) is 0 Å². The van der Waals surface area contributed by atoms with E-state index in [1.165, 1.54) is 0 Å². The van der Waals surface area contributed by atoms with Gasteiger partial charge in [-0.15, -0.1) is 0 Å². The second-order valence-electron chi connectivity index (χ2n) is 1.16. The molecule has 0 amide bonds. The van der Waals surface area contributed by atoms with Crippen LogP contribution in [0.3, 0.4) is 0 Å². The fraction of sp³-hybridized carbons (Fsp3) is 0.667. The summed E-state index contributed by atoms with van der Waals surface area (Å²) in [5, 5.41) is 0. The van der Waals surface area contributed by atoms with Gasteiger partial charge in [0.1, 0.15) is 0 Å². The molecule has 44 valence electrons. The van der Waals surface area contributed by atoms with E-state index in [-0.39, 0.29) is 56.9 Å². The molecule has 0 spiro atoms. The maximum atomic E-state index is 4.56. The summed E-state index contributed by atoms with van der Waals surface area (Å²) in [6, 6.07) is 0. The molecule has 0 bridgehead atoms. The molecule has 0 aliphatic rings. The molecule has 0 aromatic rings. The van der Waals surface area contributed by atoms with E-state index in [4.69, 9.17) is 0 Å². The largest absolute Gasteiger partial charge is 1.00 e. The molecular formula is C3H8KNOS2. The van der Waals surface area contributed by atoms with Crippen molar-refractivity contribution >= 4 is 29.2 Å². The Morgan fingerprint density at radius 2 is 1.62 bits per heavy atom. The van der Waals surface area contributed by atoms with Gasteiger partial charge in [-0.2, -0.15) is 0 Å². The van der Waals surface area contributed by atoms with Gasteiger partial charge in [0, 0.05) is 14.1 Å². The predicted octanol–water partition coefficient (Wildman–Crippen LogP) is -3.44. The first-order chi connectivity index (χ1) is 2.64. The minimum Gasteiger partial charge on any atom is -0.412 e. The van der Waals surface area contributed by atoms with E-state index < -0.39 is 0 Å². The smallest absolute Gasteiger partial charge is 0.412 e. The molecule has 2 N–H and O–H groups in total. The third-order valence-electron chi connectivity index (χ3n) is 0.365. The van der Waals surface area contributed by atoms with E-state index in [9.17, 15) is 0 Å². The Hall–Kier alpha value is 1.71. The maximum Gasteiger partial charge on any atom is 1.00 e. The normalized spacial score (nSPS) is 5.75. The maximum absolute atomic E-state index is 4.56. The zero-order chi connectivity index (χ0) is 5.15. The van der Waals surface area contributed by atoms with Crippen LogP contribution in [0.4, 0.5) is 0 Å². The second-order valence-corrected chi connectivity index (χ2v) is 2.19. The monoisotopic (exact) mass is 177 g/mol. The van der Waals surface area contributed by atoms with E-state index in [0.29, 0.717) is 4.32 Å². The molecular weight excluding hydrogens is 169 g/mol. The molecule has 0 aliphatic heterocycles. The summed E-state index contributed by atoms with van der Waals surface area (Å²) in [5.41, 5.74) is 0. The fourth-order valence-corrected chi connectivity index (χ4v) is 0. The number of nitrogens with zero attached hydrogens (tertiary/aromatic N) is 1. The number of thiocarbonyl (C=S) groups is 1. The minimum atomic E-state index is 0. The molecule has 0 radical (unpaired) electrons. The van der Waals surface area contributed by atoms with E-state index in [1.807, 2.05) is 14.1 Å². The molecule has 8 heavy (non-hydrogen) atoms. The van der Waals surface area contributed by atoms with E-state index in [2.05, 4.69) is 24.8 Å². The van der Waals surface area contributed by atoms with Crippen LogP contribution < -0.4 is 51.4 Å². The molecule has 5 heteroatoms. The van der Waals surface area contributed by atoms with Crippen LogP contribution in [0.5, 0.6) is 0 Å². The average Bonchev–Trinajstić information content (AvgIpc) is 1.36. The Balaban J connectivity index is -0.000000125. The van der Waals surface area contributed by atoms with Crippen molar-refractivity contribution < 1.29 is 56.9 Å². The summed E-state index contributed by atoms with van der Waals surface area (Å²) in [4.78, 5) is 1.71. The van der Waals surface area contributed by atoms with Crippen LogP contribution in [0, 0.1) is 0 Å². The van der Waals surface area contributed by atoms with Gasteiger partial charge < -0.3 is 35.2 Å². The van der Waals surface area contributed by atoms with E-state index in [0.717, 1.165) is 0 Å². The third kappa shape index (κ3) is 10.6. The third-order valence-corrected chi connectivity index (χ3v) is 1.10. The van der Waals surface area contributed by atoms with Crippen LogP contribution in [-0.4, -0.2) is 28.8 Å². The van der Waals surface area contributed by atoms with Crippen LogP contribution >= 0.6 is 12.2 Å². The zero-order valence-corrected chi connectivity index (χ0v) is 10.0. The first-order valence-corrected chi connectivity index (χ1v) is 2.34. The van der Waals surface area contributed by atoms with Crippen molar-refractivity contribution in [3.63, 3.8) is 0 Å². The van der Waals surface area contributed by atoms with Gasteiger partial charge in [-0.05, 0) is 0 Å². The Morgan fingerprint density at radius 1 is 1.50 bits per heavy atom. The van der Waals surface area contributed by atoms with E-state index in [1.54, 1.807) is 4.90 Å². The quantitative estimate of drug-likeness (QED) is 0.219. The molecule has 0 rings (SSSR count). The van der Waals surface area contributed by atoms with Gasteiger partial charge in [-0.3, -0.25) is 0 Å². The number of hydrogen-bond donors (Lipinski definition) is 0. The van der Waals surface area contributed by atoms with Gasteiger partial charge in [0.05, 0.1) is 0 Å². The second kappa shape index (κ2) is 8.71. The number of rotatable bonds is 0. The van der Waals surface area contributed by atoms with E-state index >= 15 is 0 Å². The molecule has 0 aromatic heterocycles. The van der Waals surface area contributed by atoms with Crippen molar-refractivity contribution in [1.29, 1.82) is 0 Å². The molecule has 0 fully saturated rings. The standard InChI is InChI=1S/C3H7NS2.K.H2O/c1-4(2)3(5)6;;/h1-2H3,(H,5,6);;1H2/q;+1;/p-1. The van der Waals surface area contributed by atoms with Crippen molar-refractivity contribution in [3.8, 4) is 0 Å². The summed E-state index contributed by atoms with van der Waals surface area (Å²) >= 11 is 9.12. The van der Waals surface area contributed by atoms with Crippen molar-refractivity contribution in [1.82, 2.24) is 4.90 Å². The molecule has 2 nitrogen and oxygen atoms in total. The Kier molecular flexibility index (Phi) is 17.8. The van der Waals surface area contributed by atoms with Crippen molar-refractivity contribution in [2.45, 2.75) is 0 Å². The SMILES string of the molecule is CN(C)C(=S)[S-].O.[K+]. The summed E-state index contributed by atoms with van der Waals surface area (Å²) in [5.74, 6) is 0.